The monoisotopic (exact) mass is 181 g/mol. The average molecular weight is 181 g/mol. The summed E-state index contributed by atoms with van der Waals surface area (Å²) in [6.45, 7) is 4.84. The molecule has 0 spiro atoms. The lowest BCUT2D eigenvalue weighted by Crippen LogP contribution is -2.52. The van der Waals surface area contributed by atoms with Crippen LogP contribution in [0.15, 0.2) is 0 Å². The molecule has 2 heteroatoms. The predicted molar refractivity (Wildman–Crippen MR) is 52.6 cm³/mol. The van der Waals surface area contributed by atoms with Crippen LogP contribution in [0.3, 0.4) is 0 Å². The molecule has 1 heterocycles. The molecule has 2 aliphatic rings. The van der Waals surface area contributed by atoms with E-state index in [9.17, 15) is 4.79 Å². The van der Waals surface area contributed by atoms with Gasteiger partial charge in [-0.15, -0.1) is 0 Å². The molecule has 0 amide bonds. The number of nitrogens with zero attached hydrogens (tertiary/aromatic N) is 1. The Morgan fingerprint density at radius 2 is 1.92 bits per heavy atom. The van der Waals surface area contributed by atoms with E-state index < -0.39 is 0 Å². The molecule has 0 aromatic heterocycles. The van der Waals surface area contributed by atoms with Crippen LogP contribution in [0.25, 0.3) is 0 Å². The molecule has 0 radical (unpaired) electrons. The first-order valence-electron chi connectivity index (χ1n) is 5.55. The van der Waals surface area contributed by atoms with E-state index in [1.165, 1.54) is 19.5 Å². The normalized spacial score (nSPS) is 27.6. The molecule has 1 aliphatic heterocycles. The molecule has 0 N–H and O–H groups in total. The van der Waals surface area contributed by atoms with E-state index in [0.29, 0.717) is 5.78 Å². The zero-order valence-electron chi connectivity index (χ0n) is 8.46. The van der Waals surface area contributed by atoms with Crippen molar-refractivity contribution in [3.63, 3.8) is 0 Å². The van der Waals surface area contributed by atoms with Gasteiger partial charge in [-0.05, 0) is 18.8 Å². The summed E-state index contributed by atoms with van der Waals surface area (Å²) in [5.41, 5.74) is 0. The Morgan fingerprint density at radius 3 is 2.46 bits per heavy atom. The van der Waals surface area contributed by atoms with E-state index in [1.54, 1.807) is 0 Å². The highest BCUT2D eigenvalue weighted by Crippen LogP contribution is 2.28. The molecule has 0 bridgehead atoms. The maximum atomic E-state index is 11.0. The quantitative estimate of drug-likeness (QED) is 0.648. The third-order valence-electron chi connectivity index (χ3n) is 3.59. The third kappa shape index (κ3) is 1.93. The smallest absolute Gasteiger partial charge is 0.133 e. The first kappa shape index (κ1) is 9.20. The van der Waals surface area contributed by atoms with Crippen molar-refractivity contribution in [1.29, 1.82) is 0 Å². The first-order chi connectivity index (χ1) is 6.29. The van der Waals surface area contributed by atoms with E-state index in [4.69, 9.17) is 0 Å². The Labute approximate surface area is 80.3 Å². The van der Waals surface area contributed by atoms with Crippen LogP contribution in [-0.4, -0.2) is 29.8 Å². The minimum atomic E-state index is 0.476. The van der Waals surface area contributed by atoms with Gasteiger partial charge in [-0.2, -0.15) is 0 Å². The Balaban J connectivity index is 1.74. The molecule has 1 aliphatic carbocycles. The van der Waals surface area contributed by atoms with Gasteiger partial charge < -0.3 is 0 Å². The average Bonchev–Trinajstić information content (AvgIpc) is 2.06. The van der Waals surface area contributed by atoms with E-state index in [2.05, 4.69) is 11.8 Å². The maximum absolute atomic E-state index is 11.0. The Bertz CT molecular complexity index is 186. The SMILES string of the molecule is CCC1CN(C2CCC(=O)CC2)C1. The number of likely N-dealkylation sites (tertiary alicyclic amines) is 1. The molecule has 2 nitrogen and oxygen atoms in total. The van der Waals surface area contributed by atoms with Crippen LogP contribution in [0, 0.1) is 5.92 Å². The fourth-order valence-corrected chi connectivity index (χ4v) is 2.46. The van der Waals surface area contributed by atoms with Gasteiger partial charge in [0.1, 0.15) is 5.78 Å². The first-order valence-corrected chi connectivity index (χ1v) is 5.55. The van der Waals surface area contributed by atoms with Crippen molar-refractivity contribution < 1.29 is 4.79 Å². The lowest BCUT2D eigenvalue weighted by molar-refractivity contribution is -0.122. The molecule has 0 unspecified atom stereocenters. The van der Waals surface area contributed by atoms with Gasteiger partial charge in [0, 0.05) is 32.0 Å². The van der Waals surface area contributed by atoms with Gasteiger partial charge in [0.2, 0.25) is 0 Å². The number of hydrogen-bond donors (Lipinski definition) is 0. The van der Waals surface area contributed by atoms with Gasteiger partial charge in [0.25, 0.3) is 0 Å². The predicted octanol–water partition coefficient (Wildman–Crippen LogP) is 1.84. The number of Topliss-reactive ketones (excluding diaryl/α,β-unsaturated/α-hetero) is 1. The van der Waals surface area contributed by atoms with Crippen LogP contribution in [-0.2, 0) is 4.79 Å². The second-order valence-electron chi connectivity index (χ2n) is 4.50. The van der Waals surface area contributed by atoms with Crippen molar-refractivity contribution in [3.8, 4) is 0 Å². The fourth-order valence-electron chi connectivity index (χ4n) is 2.46. The highest BCUT2D eigenvalue weighted by Gasteiger charge is 2.32. The molecule has 1 saturated heterocycles. The summed E-state index contributed by atoms with van der Waals surface area (Å²) in [6.07, 6.45) is 5.22. The van der Waals surface area contributed by atoms with Gasteiger partial charge in [0.05, 0.1) is 0 Å². The molecule has 2 fully saturated rings. The van der Waals surface area contributed by atoms with E-state index in [1.807, 2.05) is 0 Å². The van der Waals surface area contributed by atoms with Crippen molar-refractivity contribution in [2.75, 3.05) is 13.1 Å². The Morgan fingerprint density at radius 1 is 1.31 bits per heavy atom. The van der Waals surface area contributed by atoms with Crippen LogP contribution >= 0.6 is 0 Å². The summed E-state index contributed by atoms with van der Waals surface area (Å²) in [7, 11) is 0. The van der Waals surface area contributed by atoms with Crippen molar-refractivity contribution in [3.05, 3.63) is 0 Å². The molecule has 1 saturated carbocycles. The van der Waals surface area contributed by atoms with Crippen molar-refractivity contribution >= 4 is 5.78 Å². The second kappa shape index (κ2) is 3.79. The van der Waals surface area contributed by atoms with Crippen LogP contribution < -0.4 is 0 Å². The summed E-state index contributed by atoms with van der Waals surface area (Å²) < 4.78 is 0. The number of rotatable bonds is 2. The van der Waals surface area contributed by atoms with Crippen LogP contribution in [0.1, 0.15) is 39.0 Å². The molecule has 74 valence electrons. The van der Waals surface area contributed by atoms with E-state index >= 15 is 0 Å². The van der Waals surface area contributed by atoms with Gasteiger partial charge in [-0.3, -0.25) is 9.69 Å². The highest BCUT2D eigenvalue weighted by molar-refractivity contribution is 5.79. The van der Waals surface area contributed by atoms with Crippen LogP contribution in [0.4, 0.5) is 0 Å². The second-order valence-corrected chi connectivity index (χ2v) is 4.50. The summed E-state index contributed by atoms with van der Waals surface area (Å²) in [5, 5.41) is 0. The fraction of sp³-hybridized carbons (Fsp3) is 0.909. The molecule has 2 rings (SSSR count). The van der Waals surface area contributed by atoms with E-state index in [-0.39, 0.29) is 0 Å². The number of carbonyl (C=O) groups excluding carboxylic acids is 1. The minimum absolute atomic E-state index is 0.476. The van der Waals surface area contributed by atoms with Crippen LogP contribution in [0.2, 0.25) is 0 Å². The number of hydrogen-bond acceptors (Lipinski definition) is 2. The van der Waals surface area contributed by atoms with Gasteiger partial charge in [0.15, 0.2) is 0 Å². The summed E-state index contributed by atoms with van der Waals surface area (Å²) in [5.74, 6) is 1.42. The summed E-state index contributed by atoms with van der Waals surface area (Å²) in [4.78, 5) is 13.6. The third-order valence-corrected chi connectivity index (χ3v) is 3.59. The van der Waals surface area contributed by atoms with E-state index in [0.717, 1.165) is 37.6 Å². The molecule has 0 aromatic carbocycles. The largest absolute Gasteiger partial charge is 0.300 e. The van der Waals surface area contributed by atoms with Gasteiger partial charge in [-0.1, -0.05) is 13.3 Å². The molecular formula is C11H19NO. The maximum Gasteiger partial charge on any atom is 0.133 e. The summed E-state index contributed by atoms with van der Waals surface area (Å²) >= 11 is 0. The lowest BCUT2D eigenvalue weighted by Gasteiger charge is -2.45. The zero-order chi connectivity index (χ0) is 9.26. The lowest BCUT2D eigenvalue weighted by atomic mass is 9.87. The highest BCUT2D eigenvalue weighted by atomic mass is 16.1. The molecule has 0 atom stereocenters. The Kier molecular flexibility index (Phi) is 2.68. The van der Waals surface area contributed by atoms with Gasteiger partial charge >= 0.3 is 0 Å². The number of ketones is 1. The zero-order valence-corrected chi connectivity index (χ0v) is 8.46. The van der Waals surface area contributed by atoms with Gasteiger partial charge in [-0.25, -0.2) is 0 Å². The summed E-state index contributed by atoms with van der Waals surface area (Å²) in [6, 6.07) is 0.737. The van der Waals surface area contributed by atoms with Crippen molar-refractivity contribution in [1.82, 2.24) is 4.90 Å². The van der Waals surface area contributed by atoms with Crippen molar-refractivity contribution in [2.24, 2.45) is 5.92 Å². The standard InChI is InChI=1S/C11H19NO/c1-2-9-7-12(8-9)10-3-5-11(13)6-4-10/h9-10H,2-8H2,1H3. The molecular weight excluding hydrogens is 162 g/mol. The minimum Gasteiger partial charge on any atom is -0.300 e. The van der Waals surface area contributed by atoms with Crippen LogP contribution in [0.5, 0.6) is 0 Å². The number of carbonyl (C=O) groups is 1. The molecule has 0 aromatic rings. The topological polar surface area (TPSA) is 20.3 Å². The molecule has 13 heavy (non-hydrogen) atoms. The van der Waals surface area contributed by atoms with Crippen molar-refractivity contribution in [2.45, 2.75) is 45.1 Å². The Hall–Kier alpha value is -0.370.